The summed E-state index contributed by atoms with van der Waals surface area (Å²) >= 11 is 0. The molecule has 0 aliphatic carbocycles. The van der Waals surface area contributed by atoms with Gasteiger partial charge in [0.25, 0.3) is 5.89 Å². The van der Waals surface area contributed by atoms with Crippen LogP contribution in [0.25, 0.3) is 0 Å². The van der Waals surface area contributed by atoms with Gasteiger partial charge in [0.15, 0.2) is 0 Å². The van der Waals surface area contributed by atoms with Gasteiger partial charge in [0.05, 0.1) is 30.8 Å². The maximum atomic E-state index is 12.6. The molecule has 4 rings (SSSR count). The van der Waals surface area contributed by atoms with Gasteiger partial charge in [-0.1, -0.05) is 0 Å². The molecule has 8 heteroatoms. The smallest absolute Gasteiger partial charge is 0.309 e. The van der Waals surface area contributed by atoms with Gasteiger partial charge in [-0.15, -0.1) is 0 Å². The van der Waals surface area contributed by atoms with Crippen LogP contribution in [0.15, 0.2) is 22.7 Å². The second-order valence-electron chi connectivity index (χ2n) is 6.94. The Kier molecular flexibility index (Phi) is 5.09. The molecule has 4 heterocycles. The first-order valence-electron chi connectivity index (χ1n) is 9.18. The zero-order chi connectivity index (χ0) is 18.8. The number of ether oxygens (including phenoxy) is 2. The Bertz CT molecular complexity index is 805. The molecule has 144 valence electrons. The Morgan fingerprint density at radius 3 is 2.93 bits per heavy atom. The minimum atomic E-state index is -0.146. The van der Waals surface area contributed by atoms with Crippen molar-refractivity contribution in [2.75, 3.05) is 33.9 Å². The van der Waals surface area contributed by atoms with Crippen molar-refractivity contribution in [3.63, 3.8) is 0 Å². The van der Waals surface area contributed by atoms with E-state index in [1.54, 1.807) is 25.3 Å². The number of hydrogen-bond donors (Lipinski definition) is 0. The molecule has 1 unspecified atom stereocenters. The number of carbonyl (C=O) groups is 1. The number of nitrogens with zero attached hydrogens (tertiary/aromatic N) is 4. The van der Waals surface area contributed by atoms with Crippen LogP contribution < -0.4 is 4.74 Å². The zero-order valence-corrected chi connectivity index (χ0v) is 15.7. The number of rotatable bonds is 5. The van der Waals surface area contributed by atoms with Crippen LogP contribution >= 0.6 is 0 Å². The molecular weight excluding hydrogens is 348 g/mol. The topological polar surface area (TPSA) is 80.9 Å². The van der Waals surface area contributed by atoms with E-state index < -0.39 is 0 Å². The van der Waals surface area contributed by atoms with E-state index in [0.29, 0.717) is 19.6 Å². The van der Waals surface area contributed by atoms with Crippen LogP contribution in [-0.4, -0.2) is 65.6 Å². The molecular formula is C19H24N4O4. The molecule has 2 aliphatic heterocycles. The van der Waals surface area contributed by atoms with Crippen LogP contribution in [0.4, 0.5) is 0 Å². The van der Waals surface area contributed by atoms with Crippen LogP contribution in [0.3, 0.4) is 0 Å². The first-order chi connectivity index (χ1) is 13.2. The number of amides is 1. The fourth-order valence-corrected chi connectivity index (χ4v) is 3.57. The quantitative estimate of drug-likeness (QED) is 0.787. The molecule has 1 saturated heterocycles. The summed E-state index contributed by atoms with van der Waals surface area (Å²) in [7, 11) is 3.30. The highest BCUT2D eigenvalue weighted by Crippen LogP contribution is 2.23. The number of pyridine rings is 1. The summed E-state index contributed by atoms with van der Waals surface area (Å²) in [5.74, 6) is 1.62. The van der Waals surface area contributed by atoms with Crippen molar-refractivity contribution in [2.45, 2.75) is 32.0 Å². The van der Waals surface area contributed by atoms with Gasteiger partial charge in [-0.05, 0) is 18.6 Å². The summed E-state index contributed by atoms with van der Waals surface area (Å²) < 4.78 is 16.2. The third-order valence-corrected chi connectivity index (χ3v) is 5.17. The number of oxazole rings is 1. The average Bonchev–Trinajstić information content (AvgIpc) is 3.34. The Balaban J connectivity index is 1.40. The second-order valence-corrected chi connectivity index (χ2v) is 6.94. The lowest BCUT2D eigenvalue weighted by Crippen LogP contribution is -2.30. The molecule has 2 aromatic rings. The molecule has 1 atom stereocenters. The van der Waals surface area contributed by atoms with Crippen LogP contribution in [0.1, 0.15) is 34.3 Å². The summed E-state index contributed by atoms with van der Waals surface area (Å²) in [4.78, 5) is 25.5. The lowest BCUT2D eigenvalue weighted by Gasteiger charge is -2.24. The predicted molar refractivity (Wildman–Crippen MR) is 96.4 cm³/mol. The van der Waals surface area contributed by atoms with Gasteiger partial charge in [-0.25, -0.2) is 4.98 Å². The maximum absolute atomic E-state index is 12.6. The molecule has 2 aliphatic rings. The van der Waals surface area contributed by atoms with Crippen LogP contribution in [0, 0.1) is 0 Å². The number of hydrogen-bond acceptors (Lipinski definition) is 7. The van der Waals surface area contributed by atoms with Crippen molar-refractivity contribution in [3.05, 3.63) is 41.4 Å². The lowest BCUT2D eigenvalue weighted by molar-refractivity contribution is 0.0687. The van der Waals surface area contributed by atoms with Crippen molar-refractivity contribution in [2.24, 2.45) is 0 Å². The highest BCUT2D eigenvalue weighted by atomic mass is 16.5. The molecule has 0 spiro atoms. The summed E-state index contributed by atoms with van der Waals surface area (Å²) in [6.07, 6.45) is 3.42. The fraction of sp³-hybridized carbons (Fsp3) is 0.526. The molecule has 1 fully saturated rings. The molecule has 1 amide bonds. The Morgan fingerprint density at radius 2 is 2.22 bits per heavy atom. The summed E-state index contributed by atoms with van der Waals surface area (Å²) in [6.45, 7) is 3.50. The molecule has 0 N–H and O–H groups in total. The summed E-state index contributed by atoms with van der Waals surface area (Å²) in [5, 5.41) is 0. The molecule has 0 aromatic carbocycles. The number of methoxy groups -OCH3 is 2. The first-order valence-corrected chi connectivity index (χ1v) is 9.18. The largest absolute Gasteiger partial charge is 0.495 e. The monoisotopic (exact) mass is 372 g/mol. The SMILES string of the molecule is COc1ccc(CN2CCc3oc(C(=O)N4CCC(OC)C4)nc3C2)nc1. The summed E-state index contributed by atoms with van der Waals surface area (Å²) in [6, 6.07) is 3.87. The lowest BCUT2D eigenvalue weighted by atomic mass is 10.1. The van der Waals surface area contributed by atoms with Gasteiger partial charge in [0, 0.05) is 46.3 Å². The minimum Gasteiger partial charge on any atom is -0.495 e. The van der Waals surface area contributed by atoms with E-state index in [2.05, 4.69) is 14.9 Å². The Hall–Kier alpha value is -2.45. The van der Waals surface area contributed by atoms with E-state index in [4.69, 9.17) is 13.9 Å². The highest BCUT2D eigenvalue weighted by molar-refractivity contribution is 5.90. The van der Waals surface area contributed by atoms with Crippen molar-refractivity contribution in [1.82, 2.24) is 19.8 Å². The van der Waals surface area contributed by atoms with E-state index >= 15 is 0 Å². The van der Waals surface area contributed by atoms with Crippen molar-refractivity contribution in [1.29, 1.82) is 0 Å². The third kappa shape index (κ3) is 3.81. The van der Waals surface area contributed by atoms with E-state index in [1.807, 2.05) is 12.1 Å². The van der Waals surface area contributed by atoms with Gasteiger partial charge < -0.3 is 18.8 Å². The maximum Gasteiger partial charge on any atom is 0.309 e. The molecule has 0 radical (unpaired) electrons. The molecule has 0 bridgehead atoms. The fourth-order valence-electron chi connectivity index (χ4n) is 3.57. The Morgan fingerprint density at radius 1 is 1.33 bits per heavy atom. The van der Waals surface area contributed by atoms with Crippen molar-refractivity contribution >= 4 is 5.91 Å². The van der Waals surface area contributed by atoms with Crippen LogP contribution in [-0.2, 0) is 24.2 Å². The molecule has 0 saturated carbocycles. The van der Waals surface area contributed by atoms with Crippen LogP contribution in [0.5, 0.6) is 5.75 Å². The standard InChI is InChI=1S/C19H24N4O4/c1-25-14-4-3-13(20-9-14)10-22-7-6-17-16(12-22)21-18(27-17)19(24)23-8-5-15(11-23)26-2/h3-4,9,15H,5-8,10-12H2,1-2H3. The molecule has 8 nitrogen and oxygen atoms in total. The van der Waals surface area contributed by atoms with E-state index in [9.17, 15) is 4.79 Å². The minimum absolute atomic E-state index is 0.103. The van der Waals surface area contributed by atoms with Gasteiger partial charge in [0.1, 0.15) is 11.5 Å². The first kappa shape index (κ1) is 17.9. The van der Waals surface area contributed by atoms with Crippen molar-refractivity contribution < 1.29 is 18.7 Å². The zero-order valence-electron chi connectivity index (χ0n) is 15.7. The van der Waals surface area contributed by atoms with Crippen LogP contribution in [0.2, 0.25) is 0 Å². The molecule has 27 heavy (non-hydrogen) atoms. The number of fused-ring (bicyclic) bond motifs is 1. The normalized spacial score (nSPS) is 19.9. The number of likely N-dealkylation sites (tertiary alicyclic amines) is 1. The van der Waals surface area contributed by atoms with Gasteiger partial charge in [0.2, 0.25) is 0 Å². The predicted octanol–water partition coefficient (Wildman–Crippen LogP) is 1.50. The van der Waals surface area contributed by atoms with E-state index in [-0.39, 0.29) is 17.9 Å². The van der Waals surface area contributed by atoms with Crippen molar-refractivity contribution in [3.8, 4) is 5.75 Å². The highest BCUT2D eigenvalue weighted by Gasteiger charge is 2.31. The molecule has 2 aromatic heterocycles. The second kappa shape index (κ2) is 7.66. The van der Waals surface area contributed by atoms with Gasteiger partial charge in [-0.3, -0.25) is 14.7 Å². The number of aromatic nitrogens is 2. The van der Waals surface area contributed by atoms with E-state index in [1.165, 1.54) is 0 Å². The third-order valence-electron chi connectivity index (χ3n) is 5.17. The average molecular weight is 372 g/mol. The Labute approximate surface area is 158 Å². The van der Waals surface area contributed by atoms with Gasteiger partial charge in [-0.2, -0.15) is 0 Å². The summed E-state index contributed by atoms with van der Waals surface area (Å²) in [5.41, 5.74) is 1.82. The number of carbonyl (C=O) groups excluding carboxylic acids is 1. The van der Waals surface area contributed by atoms with Gasteiger partial charge >= 0.3 is 5.91 Å². The van der Waals surface area contributed by atoms with E-state index in [0.717, 1.165) is 48.8 Å².